The lowest BCUT2D eigenvalue weighted by Crippen LogP contribution is -2.28. The van der Waals surface area contributed by atoms with Crippen molar-refractivity contribution in [1.29, 1.82) is 0 Å². The number of hydrogen-bond donors (Lipinski definition) is 0. The van der Waals surface area contributed by atoms with Crippen LogP contribution in [0.15, 0.2) is 46.9 Å². The summed E-state index contributed by atoms with van der Waals surface area (Å²) in [5.41, 5.74) is 1.40. The molecule has 0 aliphatic heterocycles. The summed E-state index contributed by atoms with van der Waals surface area (Å²) in [6.07, 6.45) is -5.46. The van der Waals surface area contributed by atoms with Crippen LogP contribution < -0.4 is 4.74 Å². The number of carbonyl (C=O) groups is 1. The fourth-order valence-corrected chi connectivity index (χ4v) is 2.88. The molecule has 3 nitrogen and oxygen atoms in total. The Morgan fingerprint density at radius 2 is 1.81 bits per heavy atom. The molecule has 0 spiro atoms. The van der Waals surface area contributed by atoms with E-state index in [-0.39, 0.29) is 13.0 Å². The molecule has 0 saturated heterocycles. The standard InChI is InChI=1S/C20H20BrF3O3/c1-3-26-19(25)12-15(20(22,23)24)11-14-7-9-16(10-8-14)27-18-6-4-5-17(21)13(18)2/h4-10,15H,3,11-12H2,1-2H3/t15-/m0/s1. The smallest absolute Gasteiger partial charge is 0.392 e. The molecule has 1 atom stereocenters. The summed E-state index contributed by atoms with van der Waals surface area (Å²) in [6.45, 7) is 3.52. The number of carbonyl (C=O) groups excluding carboxylic acids is 1. The normalized spacial score (nSPS) is 12.5. The van der Waals surface area contributed by atoms with Crippen LogP contribution in [0.25, 0.3) is 0 Å². The van der Waals surface area contributed by atoms with E-state index in [4.69, 9.17) is 4.74 Å². The molecular weight excluding hydrogens is 425 g/mol. The van der Waals surface area contributed by atoms with Crippen LogP contribution in [0.3, 0.4) is 0 Å². The largest absolute Gasteiger partial charge is 0.466 e. The second-order valence-corrected chi connectivity index (χ2v) is 6.92. The minimum absolute atomic E-state index is 0.0600. The first-order valence-electron chi connectivity index (χ1n) is 8.45. The average molecular weight is 445 g/mol. The Morgan fingerprint density at radius 1 is 1.15 bits per heavy atom. The van der Waals surface area contributed by atoms with E-state index in [9.17, 15) is 18.0 Å². The molecule has 0 aliphatic carbocycles. The molecule has 7 heteroatoms. The first-order valence-corrected chi connectivity index (χ1v) is 9.24. The van der Waals surface area contributed by atoms with Crippen LogP contribution in [0.5, 0.6) is 11.5 Å². The van der Waals surface area contributed by atoms with Crippen molar-refractivity contribution >= 4 is 21.9 Å². The zero-order valence-corrected chi connectivity index (χ0v) is 16.6. The van der Waals surface area contributed by atoms with Gasteiger partial charge in [-0.15, -0.1) is 0 Å². The highest BCUT2D eigenvalue weighted by Gasteiger charge is 2.41. The second kappa shape index (κ2) is 9.26. The lowest BCUT2D eigenvalue weighted by Gasteiger charge is -2.19. The molecule has 0 amide bonds. The third-order valence-corrected chi connectivity index (χ3v) is 4.89. The molecular formula is C20H20BrF3O3. The van der Waals surface area contributed by atoms with E-state index in [1.54, 1.807) is 31.2 Å². The van der Waals surface area contributed by atoms with Crippen LogP contribution in [0, 0.1) is 12.8 Å². The van der Waals surface area contributed by atoms with Crippen LogP contribution in [0.4, 0.5) is 13.2 Å². The Bertz CT molecular complexity index is 773. The molecule has 2 aromatic rings. The van der Waals surface area contributed by atoms with Crippen LogP contribution in [0.2, 0.25) is 0 Å². The summed E-state index contributed by atoms with van der Waals surface area (Å²) >= 11 is 3.42. The third-order valence-electron chi connectivity index (χ3n) is 4.03. The molecule has 0 radical (unpaired) electrons. The van der Waals surface area contributed by atoms with Crippen molar-refractivity contribution in [1.82, 2.24) is 0 Å². The van der Waals surface area contributed by atoms with E-state index in [0.29, 0.717) is 17.1 Å². The van der Waals surface area contributed by atoms with E-state index in [1.165, 1.54) is 0 Å². The lowest BCUT2D eigenvalue weighted by atomic mass is 9.95. The monoisotopic (exact) mass is 444 g/mol. The van der Waals surface area contributed by atoms with E-state index >= 15 is 0 Å². The molecule has 0 aromatic heterocycles. The molecule has 0 N–H and O–H groups in total. The fourth-order valence-electron chi connectivity index (χ4n) is 2.53. The molecule has 27 heavy (non-hydrogen) atoms. The van der Waals surface area contributed by atoms with Gasteiger partial charge >= 0.3 is 12.1 Å². The van der Waals surface area contributed by atoms with Gasteiger partial charge in [0, 0.05) is 10.0 Å². The van der Waals surface area contributed by atoms with Gasteiger partial charge in [0.15, 0.2) is 0 Å². The van der Waals surface area contributed by atoms with Gasteiger partial charge in [-0.3, -0.25) is 4.79 Å². The quantitative estimate of drug-likeness (QED) is 0.475. The first kappa shape index (κ1) is 21.3. The van der Waals surface area contributed by atoms with Crippen LogP contribution >= 0.6 is 15.9 Å². The summed E-state index contributed by atoms with van der Waals surface area (Å²) in [5, 5.41) is 0. The van der Waals surface area contributed by atoms with E-state index < -0.39 is 24.5 Å². The highest BCUT2D eigenvalue weighted by atomic mass is 79.9. The molecule has 0 heterocycles. The minimum atomic E-state index is -4.48. The van der Waals surface area contributed by atoms with Crippen molar-refractivity contribution in [3.05, 3.63) is 58.1 Å². The maximum absolute atomic E-state index is 13.2. The van der Waals surface area contributed by atoms with Crippen LogP contribution in [0.1, 0.15) is 24.5 Å². The molecule has 0 saturated carbocycles. The number of benzene rings is 2. The van der Waals surface area contributed by atoms with Crippen molar-refractivity contribution in [2.75, 3.05) is 6.61 Å². The molecule has 0 unspecified atom stereocenters. The predicted molar refractivity (Wildman–Crippen MR) is 99.9 cm³/mol. The second-order valence-electron chi connectivity index (χ2n) is 6.06. The highest BCUT2D eigenvalue weighted by Crippen LogP contribution is 2.33. The van der Waals surface area contributed by atoms with Crippen molar-refractivity contribution in [2.24, 2.45) is 5.92 Å². The zero-order valence-electron chi connectivity index (χ0n) is 15.0. The van der Waals surface area contributed by atoms with Gasteiger partial charge in [-0.2, -0.15) is 13.2 Å². The number of rotatable bonds is 7. The summed E-state index contributed by atoms with van der Waals surface area (Å²) in [5.74, 6) is -1.44. The maximum Gasteiger partial charge on any atom is 0.392 e. The molecule has 2 aromatic carbocycles. The molecule has 0 aliphatic rings. The van der Waals surface area contributed by atoms with Crippen LogP contribution in [-0.4, -0.2) is 18.8 Å². The first-order chi connectivity index (χ1) is 12.7. The van der Waals surface area contributed by atoms with Gasteiger partial charge in [0.1, 0.15) is 11.5 Å². The Kier molecular flexibility index (Phi) is 7.30. The van der Waals surface area contributed by atoms with Crippen LogP contribution in [-0.2, 0) is 16.0 Å². The average Bonchev–Trinajstić information content (AvgIpc) is 2.59. The van der Waals surface area contributed by atoms with E-state index in [1.807, 2.05) is 25.1 Å². The zero-order chi connectivity index (χ0) is 20.0. The van der Waals surface area contributed by atoms with Gasteiger partial charge in [0.05, 0.1) is 18.9 Å². The van der Waals surface area contributed by atoms with Crippen molar-refractivity contribution in [3.63, 3.8) is 0 Å². The molecule has 0 bridgehead atoms. The SMILES string of the molecule is CCOC(=O)C[C@H](Cc1ccc(Oc2cccc(Br)c2C)cc1)C(F)(F)F. The Balaban J connectivity index is 2.08. The van der Waals surface area contributed by atoms with E-state index in [2.05, 4.69) is 20.7 Å². The number of ether oxygens (including phenoxy) is 2. The lowest BCUT2D eigenvalue weighted by molar-refractivity contribution is -0.184. The highest BCUT2D eigenvalue weighted by molar-refractivity contribution is 9.10. The molecule has 2 rings (SSSR count). The Morgan fingerprint density at radius 3 is 2.41 bits per heavy atom. The third kappa shape index (κ3) is 6.27. The maximum atomic E-state index is 13.2. The van der Waals surface area contributed by atoms with E-state index in [0.717, 1.165) is 10.0 Å². The number of alkyl halides is 3. The van der Waals surface area contributed by atoms with Gasteiger partial charge in [0.2, 0.25) is 0 Å². The van der Waals surface area contributed by atoms with Crippen molar-refractivity contribution < 1.29 is 27.4 Å². The summed E-state index contributed by atoms with van der Waals surface area (Å²) in [7, 11) is 0. The van der Waals surface area contributed by atoms with Crippen molar-refractivity contribution in [2.45, 2.75) is 32.9 Å². The van der Waals surface area contributed by atoms with Gasteiger partial charge in [-0.05, 0) is 50.1 Å². The Labute approximate surface area is 164 Å². The van der Waals surface area contributed by atoms with Gasteiger partial charge in [0.25, 0.3) is 0 Å². The number of hydrogen-bond acceptors (Lipinski definition) is 3. The Hall–Kier alpha value is -2.02. The summed E-state index contributed by atoms with van der Waals surface area (Å²) in [6, 6.07) is 11.9. The van der Waals surface area contributed by atoms with Gasteiger partial charge in [-0.25, -0.2) is 0 Å². The summed E-state index contributed by atoms with van der Waals surface area (Å²) in [4.78, 5) is 11.5. The number of esters is 1. The number of halogens is 4. The minimum Gasteiger partial charge on any atom is -0.466 e. The van der Waals surface area contributed by atoms with Gasteiger partial charge < -0.3 is 9.47 Å². The predicted octanol–water partition coefficient (Wildman–Crippen LogP) is 6.22. The fraction of sp³-hybridized carbons (Fsp3) is 0.350. The van der Waals surface area contributed by atoms with Gasteiger partial charge in [-0.1, -0.05) is 34.1 Å². The summed E-state index contributed by atoms with van der Waals surface area (Å²) < 4.78 is 51.0. The topological polar surface area (TPSA) is 35.5 Å². The molecule has 0 fully saturated rings. The van der Waals surface area contributed by atoms with Crippen molar-refractivity contribution in [3.8, 4) is 11.5 Å². The molecule has 146 valence electrons.